The van der Waals surface area contributed by atoms with E-state index in [1.54, 1.807) is 17.4 Å². The van der Waals surface area contributed by atoms with Gasteiger partial charge in [-0.15, -0.1) is 11.3 Å². The summed E-state index contributed by atoms with van der Waals surface area (Å²) in [5.74, 6) is 1.32. The van der Waals surface area contributed by atoms with E-state index < -0.39 is 0 Å². The molecule has 18 heavy (non-hydrogen) atoms. The van der Waals surface area contributed by atoms with E-state index in [2.05, 4.69) is 22.2 Å². The van der Waals surface area contributed by atoms with E-state index in [0.29, 0.717) is 12.5 Å². The topological polar surface area (TPSA) is 47.0 Å². The van der Waals surface area contributed by atoms with Gasteiger partial charge in [0.15, 0.2) is 0 Å². The molecule has 0 aliphatic carbocycles. The molecule has 0 aliphatic heterocycles. The summed E-state index contributed by atoms with van der Waals surface area (Å²) >= 11 is 7.48. The van der Waals surface area contributed by atoms with Gasteiger partial charge >= 0.3 is 0 Å². The van der Waals surface area contributed by atoms with Crippen LogP contribution < -0.4 is 10.1 Å². The van der Waals surface area contributed by atoms with Crippen LogP contribution in [0.1, 0.15) is 24.8 Å². The number of rotatable bonds is 5. The number of nitrogens with one attached hydrogen (secondary N) is 1. The summed E-state index contributed by atoms with van der Waals surface area (Å²) in [6.45, 7) is 4.57. The SMILES string of the molecule is CCOc1cc(NC(C)c2ccc(Cl)s2)ncn1. The molecule has 0 aromatic carbocycles. The lowest BCUT2D eigenvalue weighted by molar-refractivity contribution is 0.326. The van der Waals surface area contributed by atoms with Crippen LogP contribution in [0, 0.1) is 0 Å². The second-order valence-corrected chi connectivity index (χ2v) is 5.43. The molecular formula is C12H14ClN3OS. The maximum Gasteiger partial charge on any atom is 0.218 e. The predicted octanol–water partition coefficient (Wildman–Crippen LogP) is 3.76. The van der Waals surface area contributed by atoms with Gasteiger partial charge < -0.3 is 10.1 Å². The number of halogens is 1. The van der Waals surface area contributed by atoms with Crippen LogP contribution in [0.4, 0.5) is 5.82 Å². The molecule has 1 unspecified atom stereocenters. The van der Waals surface area contributed by atoms with Crippen molar-refractivity contribution in [3.05, 3.63) is 33.7 Å². The minimum atomic E-state index is 0.145. The molecule has 6 heteroatoms. The van der Waals surface area contributed by atoms with E-state index in [-0.39, 0.29) is 6.04 Å². The van der Waals surface area contributed by atoms with E-state index in [1.807, 2.05) is 19.1 Å². The summed E-state index contributed by atoms with van der Waals surface area (Å²) in [5.41, 5.74) is 0. The lowest BCUT2D eigenvalue weighted by atomic mass is 10.3. The highest BCUT2D eigenvalue weighted by atomic mass is 35.5. The normalized spacial score (nSPS) is 12.2. The third-order valence-electron chi connectivity index (χ3n) is 2.32. The number of nitrogens with zero attached hydrogens (tertiary/aromatic N) is 2. The molecule has 2 aromatic heterocycles. The fraction of sp³-hybridized carbons (Fsp3) is 0.333. The first-order chi connectivity index (χ1) is 8.69. The first kappa shape index (κ1) is 13.1. The highest BCUT2D eigenvalue weighted by molar-refractivity contribution is 7.16. The maximum absolute atomic E-state index is 5.92. The van der Waals surface area contributed by atoms with Gasteiger partial charge in [0.05, 0.1) is 17.0 Å². The van der Waals surface area contributed by atoms with Crippen LogP contribution >= 0.6 is 22.9 Å². The Balaban J connectivity index is 2.06. The number of ether oxygens (including phenoxy) is 1. The average Bonchev–Trinajstić information content (AvgIpc) is 2.77. The quantitative estimate of drug-likeness (QED) is 0.907. The lowest BCUT2D eigenvalue weighted by Gasteiger charge is -2.13. The summed E-state index contributed by atoms with van der Waals surface area (Å²) < 4.78 is 6.12. The van der Waals surface area contributed by atoms with Crippen molar-refractivity contribution in [2.75, 3.05) is 11.9 Å². The van der Waals surface area contributed by atoms with E-state index in [0.717, 1.165) is 15.0 Å². The van der Waals surface area contributed by atoms with Gasteiger partial charge in [0.2, 0.25) is 5.88 Å². The predicted molar refractivity (Wildman–Crippen MR) is 74.6 cm³/mol. The van der Waals surface area contributed by atoms with Crippen LogP contribution in [-0.4, -0.2) is 16.6 Å². The Hall–Kier alpha value is -1.33. The fourth-order valence-corrected chi connectivity index (χ4v) is 2.56. The van der Waals surface area contributed by atoms with Gasteiger partial charge in [0, 0.05) is 10.9 Å². The molecule has 0 fully saturated rings. The van der Waals surface area contributed by atoms with Crippen LogP contribution in [0.25, 0.3) is 0 Å². The molecule has 1 atom stereocenters. The minimum absolute atomic E-state index is 0.145. The van der Waals surface area contributed by atoms with Crippen LogP contribution in [-0.2, 0) is 0 Å². The van der Waals surface area contributed by atoms with E-state index >= 15 is 0 Å². The molecule has 2 heterocycles. The number of hydrogen-bond donors (Lipinski definition) is 1. The van der Waals surface area contributed by atoms with Crippen molar-refractivity contribution in [3.63, 3.8) is 0 Å². The fourth-order valence-electron chi connectivity index (χ4n) is 1.50. The molecule has 0 aliphatic rings. The lowest BCUT2D eigenvalue weighted by Crippen LogP contribution is -2.07. The first-order valence-corrected chi connectivity index (χ1v) is 6.85. The number of aromatic nitrogens is 2. The number of hydrogen-bond acceptors (Lipinski definition) is 5. The molecule has 2 rings (SSSR count). The molecule has 2 aromatic rings. The standard InChI is InChI=1S/C12H14ClN3OS/c1-3-17-12-6-11(14-7-15-12)16-8(2)9-4-5-10(13)18-9/h4-8H,3H2,1-2H3,(H,14,15,16). The molecule has 0 amide bonds. The minimum Gasteiger partial charge on any atom is -0.478 e. The molecule has 0 spiro atoms. The average molecular weight is 284 g/mol. The molecule has 96 valence electrons. The van der Waals surface area contributed by atoms with E-state index in [4.69, 9.17) is 16.3 Å². The second-order valence-electron chi connectivity index (χ2n) is 3.68. The number of anilines is 1. The number of thiophene rings is 1. The van der Waals surface area contributed by atoms with E-state index in [1.165, 1.54) is 6.33 Å². The Morgan fingerprint density at radius 3 is 2.94 bits per heavy atom. The summed E-state index contributed by atoms with van der Waals surface area (Å²) in [5, 5.41) is 3.29. The highest BCUT2D eigenvalue weighted by Crippen LogP contribution is 2.28. The molecule has 0 radical (unpaired) electrons. The molecular weight excluding hydrogens is 270 g/mol. The monoisotopic (exact) mass is 283 g/mol. The molecule has 4 nitrogen and oxygen atoms in total. The second kappa shape index (κ2) is 6.02. The zero-order valence-corrected chi connectivity index (χ0v) is 11.8. The Labute approximate surface area is 115 Å². The largest absolute Gasteiger partial charge is 0.478 e. The van der Waals surface area contributed by atoms with E-state index in [9.17, 15) is 0 Å². The summed E-state index contributed by atoms with van der Waals surface area (Å²) in [4.78, 5) is 9.35. The Bertz CT molecular complexity index is 518. The summed E-state index contributed by atoms with van der Waals surface area (Å²) in [6.07, 6.45) is 1.49. The zero-order valence-electron chi connectivity index (χ0n) is 10.2. The van der Waals surface area contributed by atoms with Crippen LogP contribution in [0.15, 0.2) is 24.5 Å². The highest BCUT2D eigenvalue weighted by Gasteiger charge is 2.09. The first-order valence-electron chi connectivity index (χ1n) is 5.65. The van der Waals surface area contributed by atoms with Crippen molar-refractivity contribution in [3.8, 4) is 5.88 Å². The Morgan fingerprint density at radius 2 is 2.28 bits per heavy atom. The van der Waals surface area contributed by atoms with Crippen LogP contribution in [0.5, 0.6) is 5.88 Å². The van der Waals surface area contributed by atoms with Gasteiger partial charge in [-0.25, -0.2) is 9.97 Å². The zero-order chi connectivity index (χ0) is 13.0. The smallest absolute Gasteiger partial charge is 0.218 e. The van der Waals surface area contributed by atoms with Crippen molar-refractivity contribution in [2.45, 2.75) is 19.9 Å². The summed E-state index contributed by atoms with van der Waals surface area (Å²) in [6, 6.07) is 5.84. The van der Waals surface area contributed by atoms with Gasteiger partial charge in [-0.3, -0.25) is 0 Å². The van der Waals surface area contributed by atoms with Crippen molar-refractivity contribution in [2.24, 2.45) is 0 Å². The molecule has 0 saturated carbocycles. The molecule has 0 saturated heterocycles. The summed E-state index contributed by atoms with van der Waals surface area (Å²) in [7, 11) is 0. The maximum atomic E-state index is 5.92. The van der Waals surface area contributed by atoms with Gasteiger partial charge in [-0.2, -0.15) is 0 Å². The molecule has 1 N–H and O–H groups in total. The van der Waals surface area contributed by atoms with Gasteiger partial charge in [-0.1, -0.05) is 11.6 Å². The Morgan fingerprint density at radius 1 is 1.44 bits per heavy atom. The van der Waals surface area contributed by atoms with Crippen LogP contribution in [0.3, 0.4) is 0 Å². The third-order valence-corrected chi connectivity index (χ3v) is 3.73. The molecule has 0 bridgehead atoms. The van der Waals surface area contributed by atoms with Gasteiger partial charge in [0.1, 0.15) is 12.1 Å². The van der Waals surface area contributed by atoms with Gasteiger partial charge in [-0.05, 0) is 26.0 Å². The van der Waals surface area contributed by atoms with Gasteiger partial charge in [0.25, 0.3) is 0 Å². The third kappa shape index (κ3) is 3.34. The van der Waals surface area contributed by atoms with Crippen molar-refractivity contribution in [1.82, 2.24) is 9.97 Å². The van der Waals surface area contributed by atoms with Crippen molar-refractivity contribution in [1.29, 1.82) is 0 Å². The van der Waals surface area contributed by atoms with Crippen LogP contribution in [0.2, 0.25) is 4.34 Å². The van der Waals surface area contributed by atoms with Crippen molar-refractivity contribution >= 4 is 28.8 Å². The Kier molecular flexibility index (Phi) is 4.38. The van der Waals surface area contributed by atoms with Crippen molar-refractivity contribution < 1.29 is 4.74 Å².